The van der Waals surface area contributed by atoms with Crippen molar-refractivity contribution in [2.45, 2.75) is 0 Å². The summed E-state index contributed by atoms with van der Waals surface area (Å²) < 4.78 is 0. The summed E-state index contributed by atoms with van der Waals surface area (Å²) in [6, 6.07) is 4.87. The zero-order valence-electron chi connectivity index (χ0n) is 8.52. The van der Waals surface area contributed by atoms with Gasteiger partial charge in [0.1, 0.15) is 0 Å². The Kier molecular flexibility index (Phi) is 3.56. The Labute approximate surface area is 108 Å². The maximum absolute atomic E-state index is 11.9. The van der Waals surface area contributed by atoms with Crippen molar-refractivity contribution in [1.82, 2.24) is 9.97 Å². The number of nitrogens with zero attached hydrogens (tertiary/aromatic N) is 2. The first-order valence-electron chi connectivity index (χ1n) is 4.70. The van der Waals surface area contributed by atoms with Gasteiger partial charge in [-0.25, -0.2) is 4.98 Å². The van der Waals surface area contributed by atoms with E-state index in [4.69, 9.17) is 23.2 Å². The molecule has 0 aromatic carbocycles. The van der Waals surface area contributed by atoms with E-state index in [9.17, 15) is 4.79 Å². The van der Waals surface area contributed by atoms with Gasteiger partial charge in [0, 0.05) is 18.6 Å². The number of carbonyl (C=O) groups excluding carboxylic acids is 1. The Balaban J connectivity index is 2.24. The molecule has 0 radical (unpaired) electrons. The summed E-state index contributed by atoms with van der Waals surface area (Å²) >= 11 is 11.7. The molecule has 0 spiro atoms. The van der Waals surface area contributed by atoms with Crippen LogP contribution < -0.4 is 5.32 Å². The maximum atomic E-state index is 11.9. The number of hydrogen-bond donors (Lipinski definition) is 1. The number of halogens is 2. The third kappa shape index (κ3) is 2.72. The van der Waals surface area contributed by atoms with Gasteiger partial charge in [0.05, 0.1) is 16.3 Å². The van der Waals surface area contributed by atoms with Gasteiger partial charge in [-0.1, -0.05) is 23.2 Å². The van der Waals surface area contributed by atoms with E-state index in [2.05, 4.69) is 15.3 Å². The Hall–Kier alpha value is -1.65. The highest BCUT2D eigenvalue weighted by molar-refractivity contribution is 6.35. The quantitative estimate of drug-likeness (QED) is 0.851. The molecule has 0 unspecified atom stereocenters. The third-order valence-electron chi connectivity index (χ3n) is 2.02. The lowest BCUT2D eigenvalue weighted by Gasteiger charge is -2.06. The average molecular weight is 268 g/mol. The smallest absolute Gasteiger partial charge is 0.258 e. The van der Waals surface area contributed by atoms with Gasteiger partial charge in [-0.3, -0.25) is 9.78 Å². The topological polar surface area (TPSA) is 54.9 Å². The predicted octanol–water partition coefficient (Wildman–Crippen LogP) is 3.04. The van der Waals surface area contributed by atoms with Crippen molar-refractivity contribution in [2.75, 3.05) is 5.32 Å². The number of aromatic nitrogens is 2. The van der Waals surface area contributed by atoms with E-state index in [0.717, 1.165) is 0 Å². The summed E-state index contributed by atoms with van der Waals surface area (Å²) in [6.07, 6.45) is 4.44. The Bertz CT molecular complexity index is 560. The summed E-state index contributed by atoms with van der Waals surface area (Å²) in [4.78, 5) is 19.6. The molecule has 2 rings (SSSR count). The van der Waals surface area contributed by atoms with Crippen molar-refractivity contribution in [1.29, 1.82) is 0 Å². The van der Waals surface area contributed by atoms with Gasteiger partial charge in [-0.05, 0) is 18.2 Å². The molecule has 0 saturated heterocycles. The SMILES string of the molecule is O=C(Nc1cccnc1Cl)c1cnccc1Cl. The lowest BCUT2D eigenvalue weighted by molar-refractivity contribution is 0.102. The van der Waals surface area contributed by atoms with Crippen LogP contribution in [0.25, 0.3) is 0 Å². The Morgan fingerprint density at radius 1 is 1.24 bits per heavy atom. The molecule has 0 aliphatic heterocycles. The highest BCUT2D eigenvalue weighted by Gasteiger charge is 2.11. The second-order valence-corrected chi connectivity index (χ2v) is 3.92. The van der Waals surface area contributed by atoms with Crippen LogP contribution in [0.5, 0.6) is 0 Å². The fraction of sp³-hybridized carbons (Fsp3) is 0. The molecule has 0 atom stereocenters. The third-order valence-corrected chi connectivity index (χ3v) is 2.65. The van der Waals surface area contributed by atoms with E-state index < -0.39 is 0 Å². The molecule has 0 saturated carbocycles. The Morgan fingerprint density at radius 2 is 2.06 bits per heavy atom. The van der Waals surface area contributed by atoms with Crippen molar-refractivity contribution < 1.29 is 4.79 Å². The molecule has 4 nitrogen and oxygen atoms in total. The van der Waals surface area contributed by atoms with E-state index in [1.54, 1.807) is 18.2 Å². The maximum Gasteiger partial charge on any atom is 0.258 e. The number of carbonyl (C=O) groups is 1. The molecule has 86 valence electrons. The molecule has 2 aromatic heterocycles. The molecular weight excluding hydrogens is 261 g/mol. The molecule has 0 fully saturated rings. The molecule has 1 amide bonds. The Morgan fingerprint density at radius 3 is 2.76 bits per heavy atom. The van der Waals surface area contributed by atoms with E-state index in [1.165, 1.54) is 18.6 Å². The van der Waals surface area contributed by atoms with E-state index in [1.807, 2.05) is 0 Å². The average Bonchev–Trinajstić information content (AvgIpc) is 2.32. The molecule has 0 aliphatic carbocycles. The van der Waals surface area contributed by atoms with Crippen molar-refractivity contribution in [3.05, 3.63) is 52.5 Å². The minimum Gasteiger partial charge on any atom is -0.319 e. The summed E-state index contributed by atoms with van der Waals surface area (Å²) in [6.45, 7) is 0. The van der Waals surface area contributed by atoms with Crippen molar-refractivity contribution >= 4 is 34.8 Å². The van der Waals surface area contributed by atoms with Gasteiger partial charge in [0.25, 0.3) is 5.91 Å². The fourth-order valence-corrected chi connectivity index (χ4v) is 1.57. The molecule has 0 aliphatic rings. The van der Waals surface area contributed by atoms with Crippen LogP contribution >= 0.6 is 23.2 Å². The lowest BCUT2D eigenvalue weighted by atomic mass is 10.2. The van der Waals surface area contributed by atoms with Crippen LogP contribution in [0.15, 0.2) is 36.8 Å². The van der Waals surface area contributed by atoms with Crippen LogP contribution in [-0.4, -0.2) is 15.9 Å². The van der Waals surface area contributed by atoms with E-state index in [0.29, 0.717) is 10.7 Å². The summed E-state index contributed by atoms with van der Waals surface area (Å²) in [5.74, 6) is -0.377. The molecule has 2 aromatic rings. The van der Waals surface area contributed by atoms with Gasteiger partial charge in [0.2, 0.25) is 0 Å². The van der Waals surface area contributed by atoms with Gasteiger partial charge >= 0.3 is 0 Å². The standard InChI is InChI=1S/C11H7Cl2N3O/c12-8-3-5-14-6-7(8)11(17)16-9-2-1-4-15-10(9)13/h1-6H,(H,16,17). The minimum absolute atomic E-state index is 0.223. The van der Waals surface area contributed by atoms with Crippen LogP contribution in [0.4, 0.5) is 5.69 Å². The lowest BCUT2D eigenvalue weighted by Crippen LogP contribution is -2.13. The second kappa shape index (κ2) is 5.12. The zero-order chi connectivity index (χ0) is 12.3. The number of pyridine rings is 2. The fourth-order valence-electron chi connectivity index (χ4n) is 1.21. The normalized spacial score (nSPS) is 10.0. The second-order valence-electron chi connectivity index (χ2n) is 3.15. The number of nitrogens with one attached hydrogen (secondary N) is 1. The summed E-state index contributed by atoms with van der Waals surface area (Å²) in [5, 5.41) is 3.16. The highest BCUT2D eigenvalue weighted by Crippen LogP contribution is 2.20. The molecular formula is C11H7Cl2N3O. The van der Waals surface area contributed by atoms with Crippen LogP contribution in [0.2, 0.25) is 10.2 Å². The van der Waals surface area contributed by atoms with E-state index >= 15 is 0 Å². The molecule has 6 heteroatoms. The number of rotatable bonds is 2. The van der Waals surface area contributed by atoms with E-state index in [-0.39, 0.29) is 16.6 Å². The first-order valence-corrected chi connectivity index (χ1v) is 5.45. The number of anilines is 1. The zero-order valence-corrected chi connectivity index (χ0v) is 10.0. The first kappa shape index (κ1) is 11.8. The molecule has 0 bridgehead atoms. The molecule has 1 N–H and O–H groups in total. The molecule has 17 heavy (non-hydrogen) atoms. The first-order chi connectivity index (χ1) is 8.18. The molecule has 2 heterocycles. The predicted molar refractivity (Wildman–Crippen MR) is 66.4 cm³/mol. The van der Waals surface area contributed by atoms with Gasteiger partial charge in [-0.2, -0.15) is 0 Å². The van der Waals surface area contributed by atoms with Gasteiger partial charge in [-0.15, -0.1) is 0 Å². The van der Waals surface area contributed by atoms with Crippen LogP contribution in [0, 0.1) is 0 Å². The van der Waals surface area contributed by atoms with Gasteiger partial charge < -0.3 is 5.32 Å². The van der Waals surface area contributed by atoms with Crippen LogP contribution in [0.3, 0.4) is 0 Å². The monoisotopic (exact) mass is 267 g/mol. The van der Waals surface area contributed by atoms with Crippen LogP contribution in [-0.2, 0) is 0 Å². The van der Waals surface area contributed by atoms with Crippen molar-refractivity contribution in [3.8, 4) is 0 Å². The highest BCUT2D eigenvalue weighted by atomic mass is 35.5. The summed E-state index contributed by atoms with van der Waals surface area (Å²) in [5.41, 5.74) is 0.716. The van der Waals surface area contributed by atoms with Crippen molar-refractivity contribution in [2.24, 2.45) is 0 Å². The van der Waals surface area contributed by atoms with Gasteiger partial charge in [0.15, 0.2) is 5.15 Å². The number of hydrogen-bond acceptors (Lipinski definition) is 3. The largest absolute Gasteiger partial charge is 0.319 e. The van der Waals surface area contributed by atoms with Crippen molar-refractivity contribution in [3.63, 3.8) is 0 Å². The van der Waals surface area contributed by atoms with Crippen LogP contribution in [0.1, 0.15) is 10.4 Å². The number of amides is 1. The summed E-state index contributed by atoms with van der Waals surface area (Å²) in [7, 11) is 0. The minimum atomic E-state index is -0.377.